The molecule has 0 aromatic carbocycles. The SMILES string of the molecule is Cl.NC1CCC2CN(C(=O)CCC3CCCCC3)CC12. The Morgan fingerprint density at radius 3 is 2.50 bits per heavy atom. The van der Waals surface area contributed by atoms with Gasteiger partial charge < -0.3 is 10.6 Å². The van der Waals surface area contributed by atoms with E-state index in [4.69, 9.17) is 5.73 Å². The van der Waals surface area contributed by atoms with Crippen LogP contribution in [0, 0.1) is 17.8 Å². The van der Waals surface area contributed by atoms with Crippen molar-refractivity contribution in [3.8, 4) is 0 Å². The fourth-order valence-electron chi connectivity index (χ4n) is 4.47. The van der Waals surface area contributed by atoms with E-state index in [1.807, 2.05) is 0 Å². The molecular formula is C16H29ClN2O. The monoisotopic (exact) mass is 300 g/mol. The first-order valence-electron chi connectivity index (χ1n) is 8.27. The molecule has 3 rings (SSSR count). The minimum absolute atomic E-state index is 0. The molecule has 3 unspecified atom stereocenters. The predicted molar refractivity (Wildman–Crippen MR) is 83.8 cm³/mol. The van der Waals surface area contributed by atoms with Crippen molar-refractivity contribution in [2.45, 2.75) is 63.8 Å². The molecule has 1 aliphatic heterocycles. The summed E-state index contributed by atoms with van der Waals surface area (Å²) >= 11 is 0. The highest BCUT2D eigenvalue weighted by molar-refractivity contribution is 5.85. The molecule has 0 bridgehead atoms. The summed E-state index contributed by atoms with van der Waals surface area (Å²) in [6.45, 7) is 1.93. The van der Waals surface area contributed by atoms with Crippen LogP contribution in [0.1, 0.15) is 57.8 Å². The van der Waals surface area contributed by atoms with Crippen molar-refractivity contribution in [2.24, 2.45) is 23.5 Å². The van der Waals surface area contributed by atoms with E-state index < -0.39 is 0 Å². The third-order valence-electron chi connectivity index (χ3n) is 5.76. The van der Waals surface area contributed by atoms with Gasteiger partial charge in [-0.15, -0.1) is 12.4 Å². The maximum Gasteiger partial charge on any atom is 0.222 e. The van der Waals surface area contributed by atoms with Gasteiger partial charge in [0.15, 0.2) is 0 Å². The summed E-state index contributed by atoms with van der Waals surface area (Å²) in [6.07, 6.45) is 11.2. The van der Waals surface area contributed by atoms with Crippen molar-refractivity contribution in [1.29, 1.82) is 0 Å². The summed E-state index contributed by atoms with van der Waals surface area (Å²) in [5.74, 6) is 2.52. The topological polar surface area (TPSA) is 46.3 Å². The van der Waals surface area contributed by atoms with E-state index in [0.29, 0.717) is 23.8 Å². The maximum absolute atomic E-state index is 12.3. The van der Waals surface area contributed by atoms with Gasteiger partial charge in [0, 0.05) is 25.6 Å². The van der Waals surface area contributed by atoms with Crippen molar-refractivity contribution < 1.29 is 4.79 Å². The van der Waals surface area contributed by atoms with Gasteiger partial charge in [0.2, 0.25) is 5.91 Å². The van der Waals surface area contributed by atoms with E-state index in [9.17, 15) is 4.79 Å². The van der Waals surface area contributed by atoms with Crippen molar-refractivity contribution in [1.82, 2.24) is 4.90 Å². The van der Waals surface area contributed by atoms with Crippen molar-refractivity contribution in [3.05, 3.63) is 0 Å². The number of likely N-dealkylation sites (tertiary alicyclic amines) is 1. The second kappa shape index (κ2) is 7.13. The zero-order valence-corrected chi connectivity index (χ0v) is 13.2. The van der Waals surface area contributed by atoms with Crippen LogP contribution in [0.4, 0.5) is 0 Å². The molecule has 3 nitrogen and oxygen atoms in total. The molecule has 1 saturated heterocycles. The summed E-state index contributed by atoms with van der Waals surface area (Å²) in [5.41, 5.74) is 6.14. The summed E-state index contributed by atoms with van der Waals surface area (Å²) in [5, 5.41) is 0. The second-order valence-electron chi connectivity index (χ2n) is 7.01. The fourth-order valence-corrected chi connectivity index (χ4v) is 4.47. The Morgan fingerprint density at radius 1 is 1.05 bits per heavy atom. The van der Waals surface area contributed by atoms with Crippen LogP contribution >= 0.6 is 12.4 Å². The van der Waals surface area contributed by atoms with Gasteiger partial charge >= 0.3 is 0 Å². The number of fused-ring (bicyclic) bond motifs is 1. The number of rotatable bonds is 3. The lowest BCUT2D eigenvalue weighted by Gasteiger charge is -2.23. The Balaban J connectivity index is 0.00000147. The summed E-state index contributed by atoms with van der Waals surface area (Å²) in [6, 6.07) is 0.348. The number of amides is 1. The first kappa shape index (κ1) is 16.1. The van der Waals surface area contributed by atoms with Gasteiger partial charge in [0.05, 0.1) is 0 Å². The second-order valence-corrected chi connectivity index (χ2v) is 7.01. The normalized spacial score (nSPS) is 33.9. The van der Waals surface area contributed by atoms with E-state index in [-0.39, 0.29) is 12.4 Å². The van der Waals surface area contributed by atoms with Crippen LogP contribution in [0.25, 0.3) is 0 Å². The van der Waals surface area contributed by atoms with E-state index in [2.05, 4.69) is 4.90 Å². The molecule has 3 aliphatic rings. The van der Waals surface area contributed by atoms with Gasteiger partial charge in [-0.2, -0.15) is 0 Å². The summed E-state index contributed by atoms with van der Waals surface area (Å²) in [7, 11) is 0. The average Bonchev–Trinajstić information content (AvgIpc) is 3.00. The average molecular weight is 301 g/mol. The van der Waals surface area contributed by atoms with Crippen LogP contribution in [0.3, 0.4) is 0 Å². The Morgan fingerprint density at radius 2 is 1.80 bits per heavy atom. The van der Waals surface area contributed by atoms with Crippen LogP contribution < -0.4 is 5.73 Å². The minimum Gasteiger partial charge on any atom is -0.342 e. The third-order valence-corrected chi connectivity index (χ3v) is 5.76. The third kappa shape index (κ3) is 3.48. The van der Waals surface area contributed by atoms with Gasteiger partial charge in [0.1, 0.15) is 0 Å². The van der Waals surface area contributed by atoms with Crippen LogP contribution in [0.5, 0.6) is 0 Å². The smallest absolute Gasteiger partial charge is 0.222 e. The number of nitrogens with zero attached hydrogens (tertiary/aromatic N) is 1. The number of halogens is 1. The highest BCUT2D eigenvalue weighted by Crippen LogP contribution is 2.37. The Kier molecular flexibility index (Phi) is 5.74. The Labute approximate surface area is 129 Å². The van der Waals surface area contributed by atoms with Crippen LogP contribution in [-0.2, 0) is 4.79 Å². The zero-order chi connectivity index (χ0) is 13.2. The van der Waals surface area contributed by atoms with Gasteiger partial charge in [-0.3, -0.25) is 4.79 Å². The first-order valence-corrected chi connectivity index (χ1v) is 8.27. The molecule has 2 N–H and O–H groups in total. The standard InChI is InChI=1S/C16H28N2O.ClH/c17-15-8-7-13-10-18(11-14(13)15)16(19)9-6-12-4-2-1-3-5-12;/h12-15H,1-11,17H2;1H. The number of carbonyl (C=O) groups excluding carboxylic acids is 1. The molecule has 4 heteroatoms. The quantitative estimate of drug-likeness (QED) is 0.871. The van der Waals surface area contributed by atoms with Crippen molar-refractivity contribution >= 4 is 18.3 Å². The fraction of sp³-hybridized carbons (Fsp3) is 0.938. The molecule has 3 fully saturated rings. The molecule has 0 aromatic rings. The lowest BCUT2D eigenvalue weighted by atomic mass is 9.86. The summed E-state index contributed by atoms with van der Waals surface area (Å²) < 4.78 is 0. The number of hydrogen-bond acceptors (Lipinski definition) is 2. The first-order chi connectivity index (χ1) is 9.24. The van der Waals surface area contributed by atoms with E-state index in [1.165, 1.54) is 44.9 Å². The molecule has 0 aromatic heterocycles. The van der Waals surface area contributed by atoms with Crippen LogP contribution in [0.2, 0.25) is 0 Å². The van der Waals surface area contributed by atoms with Gasteiger partial charge in [-0.1, -0.05) is 32.1 Å². The lowest BCUT2D eigenvalue weighted by Crippen LogP contribution is -2.33. The molecule has 2 saturated carbocycles. The highest BCUT2D eigenvalue weighted by Gasteiger charge is 2.42. The summed E-state index contributed by atoms with van der Waals surface area (Å²) in [4.78, 5) is 14.4. The molecule has 116 valence electrons. The molecule has 3 atom stereocenters. The lowest BCUT2D eigenvalue weighted by molar-refractivity contribution is -0.130. The van der Waals surface area contributed by atoms with E-state index in [0.717, 1.165) is 31.8 Å². The van der Waals surface area contributed by atoms with Crippen LogP contribution in [0.15, 0.2) is 0 Å². The van der Waals surface area contributed by atoms with Crippen molar-refractivity contribution in [3.63, 3.8) is 0 Å². The maximum atomic E-state index is 12.3. The minimum atomic E-state index is 0. The van der Waals surface area contributed by atoms with Gasteiger partial charge in [-0.25, -0.2) is 0 Å². The highest BCUT2D eigenvalue weighted by atomic mass is 35.5. The molecule has 20 heavy (non-hydrogen) atoms. The van der Waals surface area contributed by atoms with E-state index >= 15 is 0 Å². The Hall–Kier alpha value is -0.280. The number of hydrogen-bond donors (Lipinski definition) is 1. The van der Waals surface area contributed by atoms with Crippen LogP contribution in [-0.4, -0.2) is 29.9 Å². The molecular weight excluding hydrogens is 272 g/mol. The molecule has 1 heterocycles. The largest absolute Gasteiger partial charge is 0.342 e. The van der Waals surface area contributed by atoms with Crippen molar-refractivity contribution in [2.75, 3.05) is 13.1 Å². The Bertz CT molecular complexity index is 330. The predicted octanol–water partition coefficient (Wildman–Crippen LogP) is 2.96. The number of nitrogens with two attached hydrogens (primary N) is 1. The molecule has 1 amide bonds. The zero-order valence-electron chi connectivity index (χ0n) is 12.4. The molecule has 0 spiro atoms. The number of carbonyl (C=O) groups is 1. The van der Waals surface area contributed by atoms with E-state index in [1.54, 1.807) is 0 Å². The molecule has 2 aliphatic carbocycles. The van der Waals surface area contributed by atoms with Gasteiger partial charge in [0.25, 0.3) is 0 Å². The molecule has 0 radical (unpaired) electrons. The van der Waals surface area contributed by atoms with Gasteiger partial charge in [-0.05, 0) is 37.0 Å².